The first-order chi connectivity index (χ1) is 5.24. The number of hydrogen-bond acceptors (Lipinski definition) is 2. The highest BCUT2D eigenvalue weighted by molar-refractivity contribution is 4.82. The SMILES string of the molecule is CC[C@@H](O)[C@@H]1CCC[C@H](C)N1. The quantitative estimate of drug-likeness (QED) is 0.633. The van der Waals surface area contributed by atoms with E-state index in [4.69, 9.17) is 0 Å². The molecule has 1 aliphatic heterocycles. The van der Waals surface area contributed by atoms with Gasteiger partial charge in [-0.25, -0.2) is 0 Å². The van der Waals surface area contributed by atoms with Crippen LogP contribution in [-0.4, -0.2) is 23.3 Å². The van der Waals surface area contributed by atoms with E-state index in [0.29, 0.717) is 12.1 Å². The summed E-state index contributed by atoms with van der Waals surface area (Å²) in [5, 5.41) is 13.0. The third-order valence-electron chi connectivity index (χ3n) is 2.53. The summed E-state index contributed by atoms with van der Waals surface area (Å²) in [5.41, 5.74) is 0. The molecule has 1 aliphatic rings. The van der Waals surface area contributed by atoms with Crippen molar-refractivity contribution < 1.29 is 5.11 Å². The Morgan fingerprint density at radius 3 is 2.82 bits per heavy atom. The van der Waals surface area contributed by atoms with Gasteiger partial charge in [0.1, 0.15) is 0 Å². The van der Waals surface area contributed by atoms with E-state index in [1.165, 1.54) is 12.8 Å². The zero-order chi connectivity index (χ0) is 8.27. The second-order valence-corrected chi connectivity index (χ2v) is 3.58. The number of nitrogens with one attached hydrogen (secondary N) is 1. The molecule has 1 heterocycles. The average molecular weight is 157 g/mol. The summed E-state index contributed by atoms with van der Waals surface area (Å²) in [5.74, 6) is 0. The van der Waals surface area contributed by atoms with Crippen LogP contribution >= 0.6 is 0 Å². The zero-order valence-corrected chi connectivity index (χ0v) is 7.51. The summed E-state index contributed by atoms with van der Waals surface area (Å²) in [6, 6.07) is 0.943. The predicted molar refractivity (Wildman–Crippen MR) is 46.5 cm³/mol. The lowest BCUT2D eigenvalue weighted by Gasteiger charge is -2.31. The lowest BCUT2D eigenvalue weighted by molar-refractivity contribution is 0.0997. The van der Waals surface area contributed by atoms with Gasteiger partial charge in [0.25, 0.3) is 0 Å². The Labute approximate surface area is 69.0 Å². The maximum absolute atomic E-state index is 9.54. The highest BCUT2D eigenvalue weighted by Gasteiger charge is 2.22. The minimum atomic E-state index is -0.141. The highest BCUT2D eigenvalue weighted by Crippen LogP contribution is 2.15. The first-order valence-electron chi connectivity index (χ1n) is 4.68. The molecule has 1 fully saturated rings. The number of rotatable bonds is 2. The van der Waals surface area contributed by atoms with Crippen molar-refractivity contribution in [1.29, 1.82) is 0 Å². The molecule has 11 heavy (non-hydrogen) atoms. The van der Waals surface area contributed by atoms with Crippen molar-refractivity contribution in [3.05, 3.63) is 0 Å². The normalized spacial score (nSPS) is 35.2. The molecule has 0 bridgehead atoms. The van der Waals surface area contributed by atoms with Gasteiger partial charge < -0.3 is 10.4 Å². The Hall–Kier alpha value is -0.0800. The van der Waals surface area contributed by atoms with Gasteiger partial charge in [0, 0.05) is 12.1 Å². The maximum atomic E-state index is 9.54. The number of hydrogen-bond donors (Lipinski definition) is 2. The number of aliphatic hydroxyl groups is 1. The molecule has 0 saturated carbocycles. The van der Waals surface area contributed by atoms with E-state index >= 15 is 0 Å². The van der Waals surface area contributed by atoms with Gasteiger partial charge in [-0.3, -0.25) is 0 Å². The van der Waals surface area contributed by atoms with Crippen molar-refractivity contribution >= 4 is 0 Å². The van der Waals surface area contributed by atoms with E-state index in [0.717, 1.165) is 12.8 Å². The van der Waals surface area contributed by atoms with E-state index in [9.17, 15) is 5.11 Å². The van der Waals surface area contributed by atoms with Crippen LogP contribution in [0.2, 0.25) is 0 Å². The Kier molecular flexibility index (Phi) is 3.34. The topological polar surface area (TPSA) is 32.3 Å². The van der Waals surface area contributed by atoms with E-state index in [1.807, 2.05) is 6.92 Å². The fourth-order valence-corrected chi connectivity index (χ4v) is 1.76. The second kappa shape index (κ2) is 4.07. The summed E-state index contributed by atoms with van der Waals surface area (Å²) < 4.78 is 0. The lowest BCUT2D eigenvalue weighted by atomic mass is 9.95. The van der Waals surface area contributed by atoms with Crippen LogP contribution in [0.4, 0.5) is 0 Å². The van der Waals surface area contributed by atoms with Gasteiger partial charge in [0.2, 0.25) is 0 Å². The molecule has 66 valence electrons. The van der Waals surface area contributed by atoms with Gasteiger partial charge in [-0.05, 0) is 26.2 Å². The zero-order valence-electron chi connectivity index (χ0n) is 7.51. The predicted octanol–water partition coefficient (Wildman–Crippen LogP) is 1.29. The maximum Gasteiger partial charge on any atom is 0.0690 e. The fourth-order valence-electron chi connectivity index (χ4n) is 1.76. The molecule has 1 rings (SSSR count). The van der Waals surface area contributed by atoms with Crippen LogP contribution in [-0.2, 0) is 0 Å². The lowest BCUT2D eigenvalue weighted by Crippen LogP contribution is -2.47. The Morgan fingerprint density at radius 2 is 2.27 bits per heavy atom. The van der Waals surface area contributed by atoms with Crippen LogP contribution in [0.15, 0.2) is 0 Å². The Bertz CT molecular complexity index is 116. The van der Waals surface area contributed by atoms with E-state index in [1.54, 1.807) is 0 Å². The van der Waals surface area contributed by atoms with Crippen LogP contribution < -0.4 is 5.32 Å². The van der Waals surface area contributed by atoms with Gasteiger partial charge in [-0.2, -0.15) is 0 Å². The molecule has 1 saturated heterocycles. The smallest absolute Gasteiger partial charge is 0.0690 e. The van der Waals surface area contributed by atoms with E-state index in [-0.39, 0.29) is 6.10 Å². The van der Waals surface area contributed by atoms with Gasteiger partial charge in [-0.1, -0.05) is 13.3 Å². The van der Waals surface area contributed by atoms with Crippen molar-refractivity contribution in [1.82, 2.24) is 5.32 Å². The summed E-state index contributed by atoms with van der Waals surface area (Å²) in [7, 11) is 0. The Morgan fingerprint density at radius 1 is 1.55 bits per heavy atom. The van der Waals surface area contributed by atoms with E-state index in [2.05, 4.69) is 12.2 Å². The van der Waals surface area contributed by atoms with Crippen LogP contribution in [0.1, 0.15) is 39.5 Å². The van der Waals surface area contributed by atoms with Gasteiger partial charge in [0.15, 0.2) is 0 Å². The van der Waals surface area contributed by atoms with Crippen LogP contribution in [0, 0.1) is 0 Å². The Balaban J connectivity index is 2.33. The molecule has 0 aliphatic carbocycles. The van der Waals surface area contributed by atoms with Gasteiger partial charge >= 0.3 is 0 Å². The second-order valence-electron chi connectivity index (χ2n) is 3.58. The molecule has 2 N–H and O–H groups in total. The minimum Gasteiger partial charge on any atom is -0.392 e. The third kappa shape index (κ3) is 2.46. The molecule has 3 atom stereocenters. The standard InChI is InChI=1S/C9H19NO/c1-3-9(11)8-6-4-5-7(2)10-8/h7-11H,3-6H2,1-2H3/t7-,8-,9+/m0/s1. The van der Waals surface area contributed by atoms with E-state index < -0.39 is 0 Å². The summed E-state index contributed by atoms with van der Waals surface area (Å²) in [4.78, 5) is 0. The minimum absolute atomic E-state index is 0.141. The fraction of sp³-hybridized carbons (Fsp3) is 1.00. The molecule has 0 aromatic rings. The van der Waals surface area contributed by atoms with Crippen molar-refractivity contribution in [3.8, 4) is 0 Å². The first kappa shape index (κ1) is 9.01. The molecular formula is C9H19NO. The van der Waals surface area contributed by atoms with Crippen LogP contribution in [0.5, 0.6) is 0 Å². The first-order valence-corrected chi connectivity index (χ1v) is 4.68. The van der Waals surface area contributed by atoms with Crippen molar-refractivity contribution in [2.45, 2.75) is 57.7 Å². The molecule has 0 aromatic carbocycles. The number of piperidine rings is 1. The highest BCUT2D eigenvalue weighted by atomic mass is 16.3. The molecule has 0 radical (unpaired) electrons. The summed E-state index contributed by atoms with van der Waals surface area (Å²) >= 11 is 0. The molecule has 2 heteroatoms. The molecular weight excluding hydrogens is 138 g/mol. The van der Waals surface area contributed by atoms with Gasteiger partial charge in [0.05, 0.1) is 6.10 Å². The summed E-state index contributed by atoms with van der Waals surface area (Å²) in [6.07, 6.45) is 4.38. The molecule has 0 aromatic heterocycles. The monoisotopic (exact) mass is 157 g/mol. The molecule has 2 nitrogen and oxygen atoms in total. The number of aliphatic hydroxyl groups excluding tert-OH is 1. The van der Waals surface area contributed by atoms with Crippen molar-refractivity contribution in [2.75, 3.05) is 0 Å². The van der Waals surface area contributed by atoms with Crippen LogP contribution in [0.3, 0.4) is 0 Å². The molecule has 0 unspecified atom stereocenters. The molecule has 0 spiro atoms. The van der Waals surface area contributed by atoms with Gasteiger partial charge in [-0.15, -0.1) is 0 Å². The van der Waals surface area contributed by atoms with Crippen molar-refractivity contribution in [3.63, 3.8) is 0 Å². The third-order valence-corrected chi connectivity index (χ3v) is 2.53. The average Bonchev–Trinajstić information content (AvgIpc) is 2.03. The molecule has 0 amide bonds. The van der Waals surface area contributed by atoms with Crippen molar-refractivity contribution in [2.24, 2.45) is 0 Å². The van der Waals surface area contributed by atoms with Crippen LogP contribution in [0.25, 0.3) is 0 Å². The largest absolute Gasteiger partial charge is 0.392 e. The summed E-state index contributed by atoms with van der Waals surface area (Å²) in [6.45, 7) is 4.22.